The monoisotopic (exact) mass is 449 g/mol. The Morgan fingerprint density at radius 1 is 0.818 bits per heavy atom. The molecular weight excluding hydrogens is 431 g/mol. The fourth-order valence-corrected chi connectivity index (χ4v) is 3.88. The standard InChI is InChI=1S/C25H18F3N3O2/c1-32-18-12-8-17(9-13-18)23-21-15-31(22-5-3-2-4-20(22)24(21)30-29-23)14-16-6-10-19(11-7-16)33-25(26,27)28/h2-13,15H,14H2,1H3. The molecule has 3 aromatic rings. The van der Waals surface area contributed by atoms with Gasteiger partial charge in [0.1, 0.15) is 22.9 Å². The second-order valence-electron chi connectivity index (χ2n) is 7.51. The maximum Gasteiger partial charge on any atom is 0.573 e. The molecule has 5 nitrogen and oxygen atoms in total. The van der Waals surface area contributed by atoms with Gasteiger partial charge in [0.05, 0.1) is 12.6 Å². The molecule has 0 aromatic heterocycles. The number of benzene rings is 3. The van der Waals surface area contributed by atoms with E-state index in [1.807, 2.05) is 59.3 Å². The molecule has 0 saturated heterocycles. The molecule has 0 unspecified atom stereocenters. The molecule has 0 N–H and O–H groups in total. The zero-order chi connectivity index (χ0) is 23.0. The minimum absolute atomic E-state index is 0.247. The van der Waals surface area contributed by atoms with Gasteiger partial charge in [-0.2, -0.15) is 0 Å². The lowest BCUT2D eigenvalue weighted by atomic mass is 10.0. The minimum Gasteiger partial charge on any atom is -0.497 e. The van der Waals surface area contributed by atoms with Crippen LogP contribution < -0.4 is 9.47 Å². The number of alkyl halides is 3. The first kappa shape index (κ1) is 20.8. The van der Waals surface area contributed by atoms with Crippen LogP contribution in [-0.2, 0) is 6.54 Å². The molecule has 166 valence electrons. The van der Waals surface area contributed by atoms with Gasteiger partial charge in [-0.15, -0.1) is 23.4 Å². The molecule has 5 rings (SSSR count). The minimum atomic E-state index is -4.72. The first-order chi connectivity index (χ1) is 15.9. The lowest BCUT2D eigenvalue weighted by Crippen LogP contribution is -2.17. The highest BCUT2D eigenvalue weighted by atomic mass is 19.4. The number of hydrogen-bond acceptors (Lipinski definition) is 4. The molecule has 2 aliphatic rings. The lowest BCUT2D eigenvalue weighted by Gasteiger charge is -2.16. The molecule has 0 atom stereocenters. The summed E-state index contributed by atoms with van der Waals surface area (Å²) >= 11 is 0. The van der Waals surface area contributed by atoms with E-state index in [0.29, 0.717) is 6.54 Å². The molecule has 0 radical (unpaired) electrons. The molecule has 33 heavy (non-hydrogen) atoms. The van der Waals surface area contributed by atoms with E-state index in [2.05, 4.69) is 14.9 Å². The van der Waals surface area contributed by atoms with Crippen LogP contribution in [0, 0.1) is 0 Å². The Morgan fingerprint density at radius 2 is 1.48 bits per heavy atom. The van der Waals surface area contributed by atoms with E-state index in [9.17, 15) is 13.2 Å². The highest BCUT2D eigenvalue weighted by molar-refractivity contribution is 5.98. The SMILES string of the molecule is COc1ccc(-c2nnc3c4ccccc4n(Cc4ccc(OC(F)(F)F)cc4)cc2-3)cc1. The zero-order valence-electron chi connectivity index (χ0n) is 17.5. The summed E-state index contributed by atoms with van der Waals surface area (Å²) in [5.74, 6) is 0.504. The van der Waals surface area contributed by atoms with Crippen molar-refractivity contribution in [1.29, 1.82) is 0 Å². The van der Waals surface area contributed by atoms with Gasteiger partial charge in [0.2, 0.25) is 0 Å². The van der Waals surface area contributed by atoms with Crippen LogP contribution in [0.15, 0.2) is 79.0 Å². The summed E-state index contributed by atoms with van der Waals surface area (Å²) in [6.45, 7) is 0.454. The Kier molecular flexibility index (Phi) is 5.12. The van der Waals surface area contributed by atoms with Gasteiger partial charge >= 0.3 is 6.36 Å². The topological polar surface area (TPSA) is 49.2 Å². The van der Waals surface area contributed by atoms with Crippen molar-refractivity contribution >= 4 is 10.9 Å². The van der Waals surface area contributed by atoms with E-state index in [4.69, 9.17) is 4.74 Å². The number of rotatable bonds is 5. The molecule has 0 fully saturated rings. The number of halogens is 3. The third-order valence-corrected chi connectivity index (χ3v) is 5.39. The van der Waals surface area contributed by atoms with Gasteiger partial charge in [-0.05, 0) is 48.0 Å². The molecular formula is C25H18F3N3O2. The molecule has 0 saturated carbocycles. The fourth-order valence-electron chi connectivity index (χ4n) is 3.88. The fraction of sp³-hybridized carbons (Fsp3) is 0.120. The van der Waals surface area contributed by atoms with Crippen molar-refractivity contribution in [3.05, 3.63) is 84.6 Å². The number of hydrogen-bond donors (Lipinski definition) is 0. The number of aromatic nitrogens is 3. The van der Waals surface area contributed by atoms with Gasteiger partial charge in [-0.25, -0.2) is 0 Å². The first-order valence-corrected chi connectivity index (χ1v) is 10.1. The average Bonchev–Trinajstić information content (AvgIpc) is 3.24. The van der Waals surface area contributed by atoms with E-state index in [1.165, 1.54) is 12.1 Å². The number of fused-ring (bicyclic) bond motifs is 3. The van der Waals surface area contributed by atoms with Crippen LogP contribution in [0.1, 0.15) is 5.56 Å². The predicted octanol–water partition coefficient (Wildman–Crippen LogP) is 6.16. The summed E-state index contributed by atoms with van der Waals surface area (Å²) in [7, 11) is 1.61. The van der Waals surface area contributed by atoms with E-state index in [-0.39, 0.29) is 5.75 Å². The van der Waals surface area contributed by atoms with E-state index < -0.39 is 6.36 Å². The van der Waals surface area contributed by atoms with Crippen molar-refractivity contribution in [2.24, 2.45) is 0 Å². The zero-order valence-corrected chi connectivity index (χ0v) is 17.5. The maximum atomic E-state index is 12.5. The summed E-state index contributed by atoms with van der Waals surface area (Å²) in [6.07, 6.45) is -2.73. The molecule has 3 aromatic carbocycles. The smallest absolute Gasteiger partial charge is 0.497 e. The van der Waals surface area contributed by atoms with Gasteiger partial charge in [-0.3, -0.25) is 0 Å². The molecule has 0 bridgehead atoms. The first-order valence-electron chi connectivity index (χ1n) is 10.1. The molecule has 0 aliphatic carbocycles. The van der Waals surface area contributed by atoms with Crippen LogP contribution in [0.3, 0.4) is 0 Å². The summed E-state index contributed by atoms with van der Waals surface area (Å²) in [5.41, 5.74) is 5.12. The maximum absolute atomic E-state index is 12.5. The Balaban J connectivity index is 1.56. The van der Waals surface area contributed by atoms with Gasteiger partial charge in [0.15, 0.2) is 0 Å². The number of ether oxygens (including phenoxy) is 2. The third-order valence-electron chi connectivity index (χ3n) is 5.39. The van der Waals surface area contributed by atoms with E-state index in [1.54, 1.807) is 19.2 Å². The van der Waals surface area contributed by atoms with Gasteiger partial charge in [0, 0.05) is 29.3 Å². The Morgan fingerprint density at radius 3 is 2.18 bits per heavy atom. The average molecular weight is 449 g/mol. The van der Waals surface area contributed by atoms with Crippen LogP contribution in [0.25, 0.3) is 33.4 Å². The second kappa shape index (κ2) is 8.12. The van der Waals surface area contributed by atoms with Crippen LogP contribution in [-0.4, -0.2) is 28.2 Å². The Labute approximate surface area is 187 Å². The Hall–Kier alpha value is -4.07. The van der Waals surface area contributed by atoms with E-state index >= 15 is 0 Å². The highest BCUT2D eigenvalue weighted by Crippen LogP contribution is 2.37. The number of para-hydroxylation sites is 1. The highest BCUT2D eigenvalue weighted by Gasteiger charge is 2.31. The van der Waals surface area contributed by atoms with Crippen molar-refractivity contribution in [2.45, 2.75) is 12.9 Å². The summed E-state index contributed by atoms with van der Waals surface area (Å²) in [4.78, 5) is 0. The van der Waals surface area contributed by atoms with Crippen molar-refractivity contribution < 1.29 is 22.6 Å². The van der Waals surface area contributed by atoms with Gasteiger partial charge < -0.3 is 14.0 Å². The van der Waals surface area contributed by atoms with Crippen molar-refractivity contribution in [3.63, 3.8) is 0 Å². The number of pyridine rings is 1. The van der Waals surface area contributed by atoms with Gasteiger partial charge in [-0.1, -0.05) is 30.3 Å². The third kappa shape index (κ3) is 4.19. The summed E-state index contributed by atoms with van der Waals surface area (Å²) in [5, 5.41) is 9.82. The van der Waals surface area contributed by atoms with Crippen LogP contribution in [0.2, 0.25) is 0 Å². The van der Waals surface area contributed by atoms with Crippen LogP contribution in [0.4, 0.5) is 13.2 Å². The molecule has 2 heterocycles. The Bertz CT molecular complexity index is 1380. The molecule has 2 aliphatic heterocycles. The molecule has 8 heteroatoms. The van der Waals surface area contributed by atoms with Crippen molar-refractivity contribution in [3.8, 4) is 34.0 Å². The predicted molar refractivity (Wildman–Crippen MR) is 118 cm³/mol. The second-order valence-corrected chi connectivity index (χ2v) is 7.51. The number of nitrogens with zero attached hydrogens (tertiary/aromatic N) is 3. The van der Waals surface area contributed by atoms with E-state index in [0.717, 1.165) is 44.7 Å². The summed E-state index contributed by atoms with van der Waals surface area (Å²) in [6, 6.07) is 21.3. The number of methoxy groups -OCH3 is 1. The van der Waals surface area contributed by atoms with Crippen molar-refractivity contribution in [1.82, 2.24) is 14.8 Å². The normalized spacial score (nSPS) is 11.8. The van der Waals surface area contributed by atoms with Crippen molar-refractivity contribution in [2.75, 3.05) is 7.11 Å². The molecule has 0 amide bonds. The molecule has 0 spiro atoms. The largest absolute Gasteiger partial charge is 0.573 e. The van der Waals surface area contributed by atoms with Crippen LogP contribution >= 0.6 is 0 Å². The van der Waals surface area contributed by atoms with Gasteiger partial charge in [0.25, 0.3) is 0 Å². The summed E-state index contributed by atoms with van der Waals surface area (Å²) < 4.78 is 48.6. The lowest BCUT2D eigenvalue weighted by molar-refractivity contribution is -0.274. The van der Waals surface area contributed by atoms with Crippen LogP contribution in [0.5, 0.6) is 11.5 Å². The quantitative estimate of drug-likeness (QED) is 0.323.